The third-order valence-electron chi connectivity index (χ3n) is 5.42. The van der Waals surface area contributed by atoms with Crippen molar-refractivity contribution in [2.24, 2.45) is 0 Å². The van der Waals surface area contributed by atoms with Gasteiger partial charge in [-0.2, -0.15) is 5.26 Å². The smallest absolute Gasteiger partial charge is 0.323 e. The molecule has 4 nitrogen and oxygen atoms in total. The lowest BCUT2D eigenvalue weighted by Crippen LogP contribution is -2.20. The van der Waals surface area contributed by atoms with Crippen molar-refractivity contribution in [2.75, 3.05) is 7.11 Å². The van der Waals surface area contributed by atoms with Crippen LogP contribution in [0.4, 0.5) is 0 Å². The SMILES string of the molecule is COc1cc(/C=C(\C#N)c2ccccc2)ccc1OC(=O)C(c1ccccc1)c1ccccc1. The molecule has 0 bridgehead atoms. The fourth-order valence-electron chi connectivity index (χ4n) is 3.75. The van der Waals surface area contributed by atoms with Crippen molar-refractivity contribution in [3.8, 4) is 17.6 Å². The molecule has 4 aromatic rings. The first kappa shape index (κ1) is 22.6. The Hall–Kier alpha value is -4.62. The van der Waals surface area contributed by atoms with Crippen molar-refractivity contribution in [1.82, 2.24) is 0 Å². The van der Waals surface area contributed by atoms with Crippen LogP contribution in [0.3, 0.4) is 0 Å². The van der Waals surface area contributed by atoms with Gasteiger partial charge in [0, 0.05) is 0 Å². The number of ether oxygens (including phenoxy) is 2. The van der Waals surface area contributed by atoms with Crippen LogP contribution < -0.4 is 9.47 Å². The molecule has 34 heavy (non-hydrogen) atoms. The highest BCUT2D eigenvalue weighted by molar-refractivity contribution is 5.90. The van der Waals surface area contributed by atoms with Gasteiger partial charge in [0.25, 0.3) is 0 Å². The predicted octanol–water partition coefficient (Wildman–Crippen LogP) is 6.50. The first-order chi connectivity index (χ1) is 16.7. The lowest BCUT2D eigenvalue weighted by atomic mass is 9.91. The minimum absolute atomic E-state index is 0.319. The van der Waals surface area contributed by atoms with Crippen molar-refractivity contribution in [3.63, 3.8) is 0 Å². The van der Waals surface area contributed by atoms with E-state index in [1.807, 2.05) is 91.0 Å². The number of allylic oxidation sites excluding steroid dienone is 1. The maximum atomic E-state index is 13.3. The number of nitrogens with zero attached hydrogens (tertiary/aromatic N) is 1. The second-order valence-corrected chi connectivity index (χ2v) is 7.62. The van der Waals surface area contributed by atoms with E-state index in [4.69, 9.17) is 9.47 Å². The molecule has 0 radical (unpaired) electrons. The molecule has 0 unspecified atom stereocenters. The largest absolute Gasteiger partial charge is 0.493 e. The number of carbonyl (C=O) groups excluding carboxylic acids is 1. The Morgan fingerprint density at radius 2 is 1.35 bits per heavy atom. The maximum Gasteiger partial charge on any atom is 0.323 e. The van der Waals surface area contributed by atoms with Gasteiger partial charge in [-0.3, -0.25) is 4.79 Å². The first-order valence-corrected chi connectivity index (χ1v) is 10.9. The number of hydrogen-bond donors (Lipinski definition) is 0. The molecule has 0 saturated heterocycles. The van der Waals surface area contributed by atoms with Gasteiger partial charge < -0.3 is 9.47 Å². The van der Waals surface area contributed by atoms with Crippen LogP contribution in [0, 0.1) is 11.3 Å². The van der Waals surface area contributed by atoms with E-state index in [-0.39, 0.29) is 0 Å². The van der Waals surface area contributed by atoms with Crippen LogP contribution in [-0.2, 0) is 4.79 Å². The molecular formula is C30H23NO3. The van der Waals surface area contributed by atoms with Crippen LogP contribution in [0.5, 0.6) is 11.5 Å². The normalized spacial score (nSPS) is 11.0. The Balaban J connectivity index is 1.64. The molecule has 0 amide bonds. The number of hydrogen-bond acceptors (Lipinski definition) is 4. The molecule has 4 rings (SSSR count). The number of esters is 1. The summed E-state index contributed by atoms with van der Waals surface area (Å²) in [6, 6.07) is 36.0. The molecule has 0 N–H and O–H groups in total. The molecule has 0 aromatic heterocycles. The highest BCUT2D eigenvalue weighted by Crippen LogP contribution is 2.33. The molecule has 0 spiro atoms. The molecule has 0 aliphatic carbocycles. The first-order valence-electron chi connectivity index (χ1n) is 10.9. The van der Waals surface area contributed by atoms with Gasteiger partial charge in [0.2, 0.25) is 0 Å². The Kier molecular flexibility index (Phi) is 7.17. The maximum absolute atomic E-state index is 13.3. The topological polar surface area (TPSA) is 59.3 Å². The monoisotopic (exact) mass is 445 g/mol. The Labute approximate surface area is 199 Å². The van der Waals surface area contributed by atoms with Gasteiger partial charge in [0.1, 0.15) is 5.92 Å². The summed E-state index contributed by atoms with van der Waals surface area (Å²) in [5.41, 5.74) is 3.81. The van der Waals surface area contributed by atoms with Gasteiger partial charge in [-0.1, -0.05) is 97.1 Å². The van der Waals surface area contributed by atoms with Crippen LogP contribution in [0.2, 0.25) is 0 Å². The predicted molar refractivity (Wildman–Crippen MR) is 133 cm³/mol. The van der Waals surface area contributed by atoms with Crippen molar-refractivity contribution in [3.05, 3.63) is 131 Å². The van der Waals surface area contributed by atoms with Gasteiger partial charge in [0.15, 0.2) is 11.5 Å². The third kappa shape index (κ3) is 5.23. The highest BCUT2D eigenvalue weighted by Gasteiger charge is 2.25. The summed E-state index contributed by atoms with van der Waals surface area (Å²) in [5, 5.41) is 9.60. The fourth-order valence-corrected chi connectivity index (χ4v) is 3.75. The highest BCUT2D eigenvalue weighted by atomic mass is 16.6. The standard InChI is InChI=1S/C30H23NO3/c1-33-28-20-22(19-26(21-31)23-11-5-2-6-12-23)17-18-27(28)34-30(32)29(24-13-7-3-8-14-24)25-15-9-4-10-16-25/h2-20,29H,1H3/b26-19+. The molecule has 0 aliphatic heterocycles. The molecule has 4 aromatic carbocycles. The summed E-state index contributed by atoms with van der Waals surface area (Å²) in [6.45, 7) is 0. The number of carbonyl (C=O) groups is 1. The lowest BCUT2D eigenvalue weighted by molar-refractivity contribution is -0.135. The van der Waals surface area contributed by atoms with Crippen LogP contribution in [-0.4, -0.2) is 13.1 Å². The number of benzene rings is 4. The Morgan fingerprint density at radius 1 is 0.794 bits per heavy atom. The van der Waals surface area contributed by atoms with Gasteiger partial charge in [-0.05, 0) is 40.5 Å². The van der Waals surface area contributed by atoms with Gasteiger partial charge in [0.05, 0.1) is 18.8 Å². The second-order valence-electron chi connectivity index (χ2n) is 7.62. The summed E-state index contributed by atoms with van der Waals surface area (Å²) in [5.74, 6) is -0.247. The number of nitriles is 1. The molecular weight excluding hydrogens is 422 g/mol. The molecule has 0 saturated carbocycles. The molecule has 0 aliphatic rings. The van der Waals surface area contributed by atoms with Crippen LogP contribution in [0.15, 0.2) is 109 Å². The number of rotatable bonds is 7. The van der Waals surface area contributed by atoms with E-state index in [9.17, 15) is 10.1 Å². The summed E-state index contributed by atoms with van der Waals surface area (Å²) < 4.78 is 11.3. The van der Waals surface area contributed by atoms with Crippen LogP contribution in [0.25, 0.3) is 11.6 Å². The third-order valence-corrected chi connectivity index (χ3v) is 5.42. The molecule has 0 fully saturated rings. The molecule has 0 atom stereocenters. The minimum Gasteiger partial charge on any atom is -0.493 e. The summed E-state index contributed by atoms with van der Waals surface area (Å²) in [7, 11) is 1.52. The van der Waals surface area contributed by atoms with E-state index in [0.717, 1.165) is 22.3 Å². The summed E-state index contributed by atoms with van der Waals surface area (Å²) in [6.07, 6.45) is 1.78. The summed E-state index contributed by atoms with van der Waals surface area (Å²) >= 11 is 0. The van der Waals surface area contributed by atoms with Crippen molar-refractivity contribution in [1.29, 1.82) is 5.26 Å². The molecule has 0 heterocycles. The van der Waals surface area contributed by atoms with Crippen molar-refractivity contribution >= 4 is 17.6 Å². The van der Waals surface area contributed by atoms with E-state index in [0.29, 0.717) is 17.1 Å². The van der Waals surface area contributed by atoms with Gasteiger partial charge >= 0.3 is 5.97 Å². The zero-order valence-corrected chi connectivity index (χ0v) is 18.7. The van der Waals surface area contributed by atoms with Crippen molar-refractivity contribution < 1.29 is 14.3 Å². The summed E-state index contributed by atoms with van der Waals surface area (Å²) in [4.78, 5) is 13.3. The van der Waals surface area contributed by atoms with E-state index >= 15 is 0 Å². The second kappa shape index (κ2) is 10.8. The number of methoxy groups -OCH3 is 1. The van der Waals surface area contributed by atoms with E-state index < -0.39 is 11.9 Å². The van der Waals surface area contributed by atoms with Gasteiger partial charge in [-0.15, -0.1) is 0 Å². The Bertz CT molecular complexity index is 1280. The average molecular weight is 446 g/mol. The lowest BCUT2D eigenvalue weighted by Gasteiger charge is -2.18. The zero-order valence-electron chi connectivity index (χ0n) is 18.7. The van der Waals surface area contributed by atoms with E-state index in [1.165, 1.54) is 7.11 Å². The zero-order chi connectivity index (χ0) is 23.8. The molecule has 4 heteroatoms. The minimum atomic E-state index is -0.574. The van der Waals surface area contributed by atoms with Crippen LogP contribution in [0.1, 0.15) is 28.2 Å². The average Bonchev–Trinajstić information content (AvgIpc) is 2.90. The Morgan fingerprint density at radius 3 is 1.88 bits per heavy atom. The van der Waals surface area contributed by atoms with E-state index in [2.05, 4.69) is 6.07 Å². The quantitative estimate of drug-likeness (QED) is 0.141. The van der Waals surface area contributed by atoms with E-state index in [1.54, 1.807) is 24.3 Å². The molecule has 166 valence electrons. The fraction of sp³-hybridized carbons (Fsp3) is 0.0667. The van der Waals surface area contributed by atoms with Crippen molar-refractivity contribution in [2.45, 2.75) is 5.92 Å². The van der Waals surface area contributed by atoms with Gasteiger partial charge in [-0.25, -0.2) is 0 Å². The van der Waals surface area contributed by atoms with Crippen LogP contribution >= 0.6 is 0 Å².